The summed E-state index contributed by atoms with van der Waals surface area (Å²) in [6.07, 6.45) is 2.53. The van der Waals surface area contributed by atoms with E-state index in [2.05, 4.69) is 16.7 Å². The molecule has 0 bridgehead atoms. The minimum atomic E-state index is -0.706. The van der Waals surface area contributed by atoms with Crippen LogP contribution in [0.3, 0.4) is 0 Å². The molecule has 1 aromatic heterocycles. The van der Waals surface area contributed by atoms with E-state index in [0.717, 1.165) is 12.8 Å². The lowest BCUT2D eigenvalue weighted by Crippen LogP contribution is -2.42. The van der Waals surface area contributed by atoms with Gasteiger partial charge in [0.2, 0.25) is 5.91 Å². The number of methoxy groups -OCH3 is 1. The van der Waals surface area contributed by atoms with Crippen LogP contribution in [0.2, 0.25) is 0 Å². The van der Waals surface area contributed by atoms with Gasteiger partial charge in [-0.2, -0.15) is 0 Å². The second kappa shape index (κ2) is 11.4. The summed E-state index contributed by atoms with van der Waals surface area (Å²) in [5.74, 6) is -0.720. The Morgan fingerprint density at radius 2 is 1.93 bits per heavy atom. The Balaban J connectivity index is 1.92. The van der Waals surface area contributed by atoms with Crippen molar-refractivity contribution >= 4 is 34.8 Å². The third kappa shape index (κ3) is 7.69. The normalized spacial score (nSPS) is 11.7. The Kier molecular flexibility index (Phi) is 8.86. The topological polar surface area (TPSA) is 84.5 Å². The van der Waals surface area contributed by atoms with E-state index < -0.39 is 12.0 Å². The molecule has 1 heterocycles. The summed E-state index contributed by atoms with van der Waals surface area (Å²) in [4.78, 5) is 37.9. The molecule has 2 rings (SSSR count). The molecular weight excluding hydrogens is 388 g/mol. The molecule has 0 spiro atoms. The molecule has 29 heavy (non-hydrogen) atoms. The van der Waals surface area contributed by atoms with Gasteiger partial charge in [0.1, 0.15) is 6.04 Å². The van der Waals surface area contributed by atoms with Crippen molar-refractivity contribution in [3.05, 3.63) is 52.2 Å². The number of benzene rings is 1. The zero-order chi connectivity index (χ0) is 21.2. The highest BCUT2D eigenvalue weighted by atomic mass is 32.1. The van der Waals surface area contributed by atoms with E-state index in [0.29, 0.717) is 24.1 Å². The number of anilines is 1. The molecule has 0 saturated carbocycles. The first-order valence-electron chi connectivity index (χ1n) is 9.70. The SMILES string of the molecule is COC(=O)C(CC(C)C)NC(=O)c1cccc(NC(=O)CCCc2cccs2)c1. The van der Waals surface area contributed by atoms with Gasteiger partial charge in [0.25, 0.3) is 5.91 Å². The largest absolute Gasteiger partial charge is 0.467 e. The smallest absolute Gasteiger partial charge is 0.328 e. The quantitative estimate of drug-likeness (QED) is 0.573. The van der Waals surface area contributed by atoms with Crippen LogP contribution in [0.5, 0.6) is 0 Å². The summed E-state index contributed by atoms with van der Waals surface area (Å²) in [7, 11) is 1.30. The number of esters is 1. The van der Waals surface area contributed by atoms with Crippen LogP contribution in [-0.4, -0.2) is 30.9 Å². The fourth-order valence-electron chi connectivity index (χ4n) is 2.91. The minimum absolute atomic E-state index is 0.0913. The Labute approximate surface area is 175 Å². The van der Waals surface area contributed by atoms with Gasteiger partial charge >= 0.3 is 5.97 Å². The number of amides is 2. The molecule has 0 aliphatic rings. The first kappa shape index (κ1) is 22.6. The molecule has 1 atom stereocenters. The predicted molar refractivity (Wildman–Crippen MR) is 115 cm³/mol. The maximum Gasteiger partial charge on any atom is 0.328 e. The standard InChI is InChI=1S/C22H28N2O4S/c1-15(2)13-19(22(27)28-3)24-21(26)16-7-4-8-17(14-16)23-20(25)11-5-9-18-10-6-12-29-18/h4,6-8,10,12,14-15,19H,5,9,11,13H2,1-3H3,(H,23,25)(H,24,26). The fourth-order valence-corrected chi connectivity index (χ4v) is 3.66. The predicted octanol–water partition coefficient (Wildman–Crippen LogP) is 4.03. The van der Waals surface area contributed by atoms with Gasteiger partial charge in [-0.25, -0.2) is 4.79 Å². The van der Waals surface area contributed by atoms with Crippen molar-refractivity contribution < 1.29 is 19.1 Å². The van der Waals surface area contributed by atoms with Crippen molar-refractivity contribution in [3.8, 4) is 0 Å². The number of hydrogen-bond donors (Lipinski definition) is 2. The second-order valence-electron chi connectivity index (χ2n) is 7.24. The number of nitrogens with one attached hydrogen (secondary N) is 2. The molecule has 0 saturated heterocycles. The summed E-state index contributed by atoms with van der Waals surface area (Å²) in [5, 5.41) is 7.58. The molecule has 156 valence electrons. The van der Waals surface area contributed by atoms with Crippen LogP contribution in [0.4, 0.5) is 5.69 Å². The van der Waals surface area contributed by atoms with E-state index in [9.17, 15) is 14.4 Å². The summed E-state index contributed by atoms with van der Waals surface area (Å²) < 4.78 is 4.78. The molecule has 2 amide bonds. The zero-order valence-electron chi connectivity index (χ0n) is 17.1. The third-order valence-corrected chi connectivity index (χ3v) is 5.25. The van der Waals surface area contributed by atoms with E-state index in [1.165, 1.54) is 12.0 Å². The van der Waals surface area contributed by atoms with E-state index in [1.807, 2.05) is 25.3 Å². The number of rotatable bonds is 10. The van der Waals surface area contributed by atoms with Crippen molar-refractivity contribution in [3.63, 3.8) is 0 Å². The fraction of sp³-hybridized carbons (Fsp3) is 0.409. The maximum atomic E-state index is 12.6. The Morgan fingerprint density at radius 3 is 2.59 bits per heavy atom. The highest BCUT2D eigenvalue weighted by Crippen LogP contribution is 2.15. The number of aryl methyl sites for hydroxylation is 1. The number of carbonyl (C=O) groups is 3. The Bertz CT molecular complexity index is 818. The number of ether oxygens (including phenoxy) is 1. The molecule has 0 radical (unpaired) electrons. The Morgan fingerprint density at radius 1 is 1.14 bits per heavy atom. The molecule has 2 aromatic rings. The summed E-state index contributed by atoms with van der Waals surface area (Å²) in [6, 6.07) is 10.0. The average molecular weight is 417 g/mol. The van der Waals surface area contributed by atoms with Gasteiger partial charge in [0.05, 0.1) is 7.11 Å². The number of thiophene rings is 1. The molecule has 0 aliphatic carbocycles. The van der Waals surface area contributed by atoms with Gasteiger partial charge in [-0.3, -0.25) is 9.59 Å². The lowest BCUT2D eigenvalue weighted by molar-refractivity contribution is -0.143. The van der Waals surface area contributed by atoms with Crippen LogP contribution >= 0.6 is 11.3 Å². The van der Waals surface area contributed by atoms with Gasteiger partial charge in [-0.15, -0.1) is 11.3 Å². The van der Waals surface area contributed by atoms with Crippen LogP contribution in [-0.2, 0) is 20.7 Å². The number of carbonyl (C=O) groups excluding carboxylic acids is 3. The van der Waals surface area contributed by atoms with Crippen molar-refractivity contribution in [1.29, 1.82) is 0 Å². The first-order chi connectivity index (χ1) is 13.9. The maximum absolute atomic E-state index is 12.6. The zero-order valence-corrected chi connectivity index (χ0v) is 17.9. The van der Waals surface area contributed by atoms with E-state index in [1.54, 1.807) is 35.6 Å². The average Bonchev–Trinajstić information content (AvgIpc) is 3.20. The van der Waals surface area contributed by atoms with Crippen LogP contribution in [0.25, 0.3) is 0 Å². The second-order valence-corrected chi connectivity index (χ2v) is 8.27. The van der Waals surface area contributed by atoms with Crippen molar-refractivity contribution in [1.82, 2.24) is 5.32 Å². The van der Waals surface area contributed by atoms with E-state index in [4.69, 9.17) is 4.74 Å². The lowest BCUT2D eigenvalue weighted by Gasteiger charge is -2.18. The summed E-state index contributed by atoms with van der Waals surface area (Å²) in [6.45, 7) is 3.94. The van der Waals surface area contributed by atoms with E-state index in [-0.39, 0.29) is 17.7 Å². The molecule has 0 fully saturated rings. The third-order valence-electron chi connectivity index (χ3n) is 4.31. The summed E-state index contributed by atoms with van der Waals surface area (Å²) in [5.41, 5.74) is 0.927. The molecule has 1 unspecified atom stereocenters. The van der Waals surface area contributed by atoms with Crippen molar-refractivity contribution in [2.75, 3.05) is 12.4 Å². The summed E-state index contributed by atoms with van der Waals surface area (Å²) >= 11 is 1.69. The van der Waals surface area contributed by atoms with Gasteiger partial charge < -0.3 is 15.4 Å². The van der Waals surface area contributed by atoms with E-state index >= 15 is 0 Å². The number of hydrogen-bond acceptors (Lipinski definition) is 5. The monoisotopic (exact) mass is 416 g/mol. The Hall–Kier alpha value is -2.67. The van der Waals surface area contributed by atoms with Gasteiger partial charge in [-0.05, 0) is 54.8 Å². The molecule has 2 N–H and O–H groups in total. The molecular formula is C22H28N2O4S. The van der Waals surface area contributed by atoms with Crippen LogP contribution in [0.15, 0.2) is 41.8 Å². The van der Waals surface area contributed by atoms with Crippen molar-refractivity contribution in [2.24, 2.45) is 5.92 Å². The highest BCUT2D eigenvalue weighted by molar-refractivity contribution is 7.09. The van der Waals surface area contributed by atoms with Crippen LogP contribution in [0.1, 0.15) is 48.3 Å². The first-order valence-corrected chi connectivity index (χ1v) is 10.6. The lowest BCUT2D eigenvalue weighted by atomic mass is 10.0. The van der Waals surface area contributed by atoms with Crippen LogP contribution < -0.4 is 10.6 Å². The molecule has 0 aliphatic heterocycles. The van der Waals surface area contributed by atoms with Crippen molar-refractivity contribution in [2.45, 2.75) is 45.6 Å². The molecule has 1 aromatic carbocycles. The van der Waals surface area contributed by atoms with Gasteiger partial charge in [0, 0.05) is 22.5 Å². The molecule has 7 heteroatoms. The molecule has 6 nitrogen and oxygen atoms in total. The minimum Gasteiger partial charge on any atom is -0.467 e. The van der Waals surface area contributed by atoms with Crippen LogP contribution in [0, 0.1) is 5.92 Å². The highest BCUT2D eigenvalue weighted by Gasteiger charge is 2.23. The van der Waals surface area contributed by atoms with Gasteiger partial charge in [0.15, 0.2) is 0 Å². The van der Waals surface area contributed by atoms with Gasteiger partial charge in [-0.1, -0.05) is 26.0 Å².